The summed E-state index contributed by atoms with van der Waals surface area (Å²) in [5, 5.41) is -0.473. The van der Waals surface area contributed by atoms with Crippen LogP contribution in [0.15, 0.2) is 46.0 Å². The number of nitrogen functional groups attached to an aromatic ring is 1. The first kappa shape index (κ1) is 23.2. The smallest absolute Gasteiger partial charge is 0.431 e. The van der Waals surface area contributed by atoms with Crippen LogP contribution in [-0.2, 0) is 12.4 Å². The van der Waals surface area contributed by atoms with E-state index in [4.69, 9.17) is 22.1 Å². The van der Waals surface area contributed by atoms with Crippen LogP contribution in [0, 0.1) is 5.82 Å². The van der Waals surface area contributed by atoms with E-state index >= 15 is 0 Å². The second-order valence-corrected chi connectivity index (χ2v) is 6.69. The van der Waals surface area contributed by atoms with Gasteiger partial charge < -0.3 is 15.5 Å². The molecule has 6 nitrogen and oxygen atoms in total. The number of ether oxygens (including phenoxy) is 1. The van der Waals surface area contributed by atoms with Crippen LogP contribution in [0.3, 0.4) is 0 Å². The number of alkyl halides is 6. The van der Waals surface area contributed by atoms with Gasteiger partial charge in [0.25, 0.3) is 5.56 Å². The van der Waals surface area contributed by atoms with E-state index in [0.29, 0.717) is 24.3 Å². The Balaban J connectivity index is 2.12. The van der Waals surface area contributed by atoms with Gasteiger partial charge in [0, 0.05) is 23.9 Å². The van der Waals surface area contributed by atoms with Gasteiger partial charge in [-0.15, -0.1) is 0 Å². The average molecular weight is 484 g/mol. The van der Waals surface area contributed by atoms with E-state index in [9.17, 15) is 40.3 Å². The number of nitrogens with zero attached hydrogens (tertiary/aromatic N) is 1. The molecule has 0 aliphatic heterocycles. The van der Waals surface area contributed by atoms with Gasteiger partial charge in [-0.25, -0.2) is 13.8 Å². The second kappa shape index (κ2) is 7.89. The van der Waals surface area contributed by atoms with Gasteiger partial charge in [-0.2, -0.15) is 26.3 Å². The van der Waals surface area contributed by atoms with Gasteiger partial charge in [0.15, 0.2) is 0 Å². The molecule has 1 heterocycles. The number of hydrogen-bond donors (Lipinski definition) is 2. The summed E-state index contributed by atoms with van der Waals surface area (Å²) >= 11 is 5.83. The second-order valence-electron chi connectivity index (χ2n) is 6.28. The Morgan fingerprint density at radius 3 is 2.16 bits per heavy atom. The monoisotopic (exact) mass is 483 g/mol. The Kier molecular flexibility index (Phi) is 5.72. The maximum Gasteiger partial charge on any atom is 0.431 e. The fourth-order valence-corrected chi connectivity index (χ4v) is 2.80. The van der Waals surface area contributed by atoms with Gasteiger partial charge in [0.1, 0.15) is 23.0 Å². The quantitative estimate of drug-likeness (QED) is 0.416. The molecule has 170 valence electrons. The lowest BCUT2D eigenvalue weighted by molar-refractivity contribution is -0.141. The number of rotatable bonds is 3. The highest BCUT2D eigenvalue weighted by Gasteiger charge is 2.33. The Bertz CT molecular complexity index is 1280. The highest BCUT2D eigenvalue weighted by atomic mass is 35.5. The Hall–Kier alpha value is -3.48. The number of aromatic nitrogens is 2. The summed E-state index contributed by atoms with van der Waals surface area (Å²) in [6.07, 6.45) is -9.82. The fraction of sp³-hybridized carbons (Fsp3) is 0.111. The van der Waals surface area contributed by atoms with E-state index in [-0.39, 0.29) is 16.3 Å². The average Bonchev–Trinajstić information content (AvgIpc) is 2.62. The molecule has 0 fully saturated rings. The lowest BCUT2D eigenvalue weighted by atomic mass is 10.2. The zero-order valence-corrected chi connectivity index (χ0v) is 16.0. The highest BCUT2D eigenvalue weighted by Crippen LogP contribution is 2.37. The summed E-state index contributed by atoms with van der Waals surface area (Å²) in [6.45, 7) is 0. The molecule has 0 aliphatic rings. The summed E-state index contributed by atoms with van der Waals surface area (Å²) in [4.78, 5) is 25.5. The molecule has 0 bridgehead atoms. The van der Waals surface area contributed by atoms with Gasteiger partial charge in [-0.3, -0.25) is 4.79 Å². The zero-order valence-electron chi connectivity index (χ0n) is 15.2. The van der Waals surface area contributed by atoms with E-state index in [1.807, 2.05) is 0 Å². The van der Waals surface area contributed by atoms with Crippen LogP contribution in [0.4, 0.5) is 36.4 Å². The van der Waals surface area contributed by atoms with Crippen LogP contribution in [0.2, 0.25) is 5.02 Å². The SMILES string of the molecule is Nc1cc(Oc2cc(-n3c(=O)cc(C(F)(F)F)[nH]c3=O)c(F)cc2Cl)cc(C(F)(F)F)c1. The Morgan fingerprint density at radius 2 is 1.59 bits per heavy atom. The number of anilines is 1. The zero-order chi connectivity index (χ0) is 24.0. The fourth-order valence-electron chi connectivity index (χ4n) is 2.62. The molecule has 1 aromatic heterocycles. The largest absolute Gasteiger partial charge is 0.456 e. The molecule has 0 atom stereocenters. The number of nitrogens with one attached hydrogen (secondary N) is 1. The minimum atomic E-state index is -5.05. The topological polar surface area (TPSA) is 90.1 Å². The van der Waals surface area contributed by atoms with Crippen molar-refractivity contribution in [3.8, 4) is 17.2 Å². The van der Waals surface area contributed by atoms with Gasteiger partial charge in [0.05, 0.1) is 16.3 Å². The van der Waals surface area contributed by atoms with E-state index in [1.165, 1.54) is 4.98 Å². The summed E-state index contributed by atoms with van der Waals surface area (Å²) in [6, 6.07) is 3.44. The molecule has 0 saturated heterocycles. The van der Waals surface area contributed by atoms with Crippen LogP contribution < -0.4 is 21.7 Å². The molecule has 14 heteroatoms. The molecule has 32 heavy (non-hydrogen) atoms. The summed E-state index contributed by atoms with van der Waals surface area (Å²) in [5.74, 6) is -2.27. The lowest BCUT2D eigenvalue weighted by Crippen LogP contribution is -2.36. The molecule has 2 aromatic carbocycles. The minimum absolute atomic E-state index is 0.0312. The Labute approximate surface area is 177 Å². The van der Waals surface area contributed by atoms with E-state index in [2.05, 4.69) is 0 Å². The minimum Gasteiger partial charge on any atom is -0.456 e. The normalized spacial score (nSPS) is 12.1. The van der Waals surface area contributed by atoms with Crippen molar-refractivity contribution in [2.75, 3.05) is 5.73 Å². The third kappa shape index (κ3) is 4.72. The molecule has 0 aliphatic carbocycles. The van der Waals surface area contributed by atoms with Gasteiger partial charge in [0.2, 0.25) is 0 Å². The summed E-state index contributed by atoms with van der Waals surface area (Å²) < 4.78 is 96.8. The van der Waals surface area contributed by atoms with Crippen molar-refractivity contribution in [2.24, 2.45) is 0 Å². The van der Waals surface area contributed by atoms with Crippen molar-refractivity contribution >= 4 is 17.3 Å². The maximum atomic E-state index is 14.4. The first-order valence-electron chi connectivity index (χ1n) is 8.25. The number of H-pyrrole nitrogens is 1. The molecule has 0 radical (unpaired) electrons. The Morgan fingerprint density at radius 1 is 0.938 bits per heavy atom. The van der Waals surface area contributed by atoms with Crippen molar-refractivity contribution < 1.29 is 35.5 Å². The molecule has 0 unspecified atom stereocenters. The third-order valence-electron chi connectivity index (χ3n) is 3.96. The van der Waals surface area contributed by atoms with Gasteiger partial charge in [-0.05, 0) is 18.2 Å². The predicted molar refractivity (Wildman–Crippen MR) is 98.6 cm³/mol. The van der Waals surface area contributed by atoms with E-state index in [1.54, 1.807) is 0 Å². The molecule has 3 aromatic rings. The molecule has 0 amide bonds. The number of halogens is 8. The molecular weight excluding hydrogens is 475 g/mol. The number of benzene rings is 2. The van der Waals surface area contributed by atoms with Gasteiger partial charge >= 0.3 is 18.0 Å². The first-order chi connectivity index (χ1) is 14.7. The molecule has 0 saturated carbocycles. The third-order valence-corrected chi connectivity index (χ3v) is 4.26. The van der Waals surface area contributed by atoms with Crippen molar-refractivity contribution in [1.29, 1.82) is 0 Å². The summed E-state index contributed by atoms with van der Waals surface area (Å²) in [5.41, 5.74) is -1.74. The van der Waals surface area contributed by atoms with Crippen molar-refractivity contribution in [2.45, 2.75) is 12.4 Å². The highest BCUT2D eigenvalue weighted by molar-refractivity contribution is 6.32. The van der Waals surface area contributed by atoms with Crippen LogP contribution >= 0.6 is 11.6 Å². The van der Waals surface area contributed by atoms with Crippen molar-refractivity contribution in [3.05, 3.63) is 79.3 Å². The van der Waals surface area contributed by atoms with Crippen molar-refractivity contribution in [3.63, 3.8) is 0 Å². The number of hydrogen-bond acceptors (Lipinski definition) is 4. The maximum absolute atomic E-state index is 14.4. The van der Waals surface area contributed by atoms with Gasteiger partial charge in [-0.1, -0.05) is 11.6 Å². The molecular formula is C18H9ClF7N3O3. The van der Waals surface area contributed by atoms with E-state index in [0.717, 1.165) is 6.07 Å². The van der Waals surface area contributed by atoms with Crippen LogP contribution in [0.25, 0.3) is 5.69 Å². The van der Waals surface area contributed by atoms with Crippen LogP contribution in [0.1, 0.15) is 11.3 Å². The number of aromatic amines is 1. The predicted octanol–water partition coefficient (Wildman–Crippen LogP) is 4.73. The lowest BCUT2D eigenvalue weighted by Gasteiger charge is -2.14. The molecule has 3 rings (SSSR count). The first-order valence-corrected chi connectivity index (χ1v) is 8.63. The standard InChI is InChI=1S/C18H9ClF7N3O3/c19-10-4-11(20)12(29-15(30)6-14(18(24,25)26)28-16(29)31)5-13(10)32-9-2-7(17(21,22)23)1-8(27)3-9/h1-6H,27H2,(H,28,31). The van der Waals surface area contributed by atoms with E-state index < -0.39 is 62.9 Å². The summed E-state index contributed by atoms with van der Waals surface area (Å²) in [7, 11) is 0. The van der Waals surface area contributed by atoms with Crippen LogP contribution in [0.5, 0.6) is 11.5 Å². The molecule has 3 N–H and O–H groups in total. The number of nitrogens with two attached hydrogens (primary N) is 1. The van der Waals surface area contributed by atoms with Crippen LogP contribution in [-0.4, -0.2) is 9.55 Å². The molecule has 0 spiro atoms. The van der Waals surface area contributed by atoms with Crippen molar-refractivity contribution in [1.82, 2.24) is 9.55 Å².